The highest BCUT2D eigenvalue weighted by molar-refractivity contribution is 7.91. The summed E-state index contributed by atoms with van der Waals surface area (Å²) in [6.07, 6.45) is 7.00. The first-order chi connectivity index (χ1) is 14.5. The maximum Gasteiger partial charge on any atom is 0.252 e. The zero-order valence-corrected chi connectivity index (χ0v) is 19.1. The van der Waals surface area contributed by atoms with Gasteiger partial charge in [-0.1, -0.05) is 31.2 Å². The molecular formula is C23H30N2O3S2. The molecule has 4 rings (SSSR count). The topological polar surface area (TPSA) is 66.5 Å². The van der Waals surface area contributed by atoms with Crippen molar-refractivity contribution in [3.63, 3.8) is 0 Å². The number of carbonyl (C=O) groups excluding carboxylic acids is 1. The number of nitrogens with zero attached hydrogens (tertiary/aromatic N) is 1. The van der Waals surface area contributed by atoms with Gasteiger partial charge in [-0.2, -0.15) is 4.31 Å². The molecule has 1 aliphatic heterocycles. The van der Waals surface area contributed by atoms with Crippen LogP contribution in [-0.4, -0.2) is 31.7 Å². The van der Waals surface area contributed by atoms with E-state index in [0.29, 0.717) is 17.2 Å². The van der Waals surface area contributed by atoms with Gasteiger partial charge >= 0.3 is 0 Å². The third-order valence-electron chi connectivity index (χ3n) is 6.34. The molecule has 1 amide bonds. The summed E-state index contributed by atoms with van der Waals surface area (Å²) >= 11 is 1.23. The van der Waals surface area contributed by atoms with Crippen molar-refractivity contribution in [1.29, 1.82) is 0 Å². The second-order valence-electron chi connectivity index (χ2n) is 8.34. The molecule has 1 fully saturated rings. The molecule has 0 radical (unpaired) electrons. The first-order valence-corrected chi connectivity index (χ1v) is 13.3. The summed E-state index contributed by atoms with van der Waals surface area (Å²) in [4.78, 5) is 13.1. The van der Waals surface area contributed by atoms with E-state index in [9.17, 15) is 13.2 Å². The van der Waals surface area contributed by atoms with Gasteiger partial charge in [0.15, 0.2) is 0 Å². The Morgan fingerprint density at radius 1 is 1.20 bits per heavy atom. The molecule has 30 heavy (non-hydrogen) atoms. The summed E-state index contributed by atoms with van der Waals surface area (Å²) in [6.45, 7) is 2.82. The molecule has 2 unspecified atom stereocenters. The van der Waals surface area contributed by atoms with Gasteiger partial charge in [0.25, 0.3) is 10.0 Å². The first-order valence-electron chi connectivity index (χ1n) is 10.9. The van der Waals surface area contributed by atoms with Crippen molar-refractivity contribution < 1.29 is 13.2 Å². The van der Waals surface area contributed by atoms with E-state index < -0.39 is 10.0 Å². The van der Waals surface area contributed by atoms with Crippen molar-refractivity contribution in [3.05, 3.63) is 52.4 Å². The van der Waals surface area contributed by atoms with Crippen LogP contribution in [0, 0.1) is 5.92 Å². The lowest BCUT2D eigenvalue weighted by molar-refractivity contribution is -0.126. The number of carbonyl (C=O) groups is 1. The molecule has 0 bridgehead atoms. The minimum atomic E-state index is -3.51. The maximum absolute atomic E-state index is 13.1. The predicted molar refractivity (Wildman–Crippen MR) is 120 cm³/mol. The maximum atomic E-state index is 13.1. The molecule has 2 atom stereocenters. The summed E-state index contributed by atoms with van der Waals surface area (Å²) in [5.74, 6) is -0.342. The Morgan fingerprint density at radius 2 is 2.00 bits per heavy atom. The predicted octanol–water partition coefficient (Wildman–Crippen LogP) is 4.30. The number of rotatable bonds is 6. The second kappa shape index (κ2) is 9.20. The van der Waals surface area contributed by atoms with E-state index in [4.69, 9.17) is 0 Å². The summed E-state index contributed by atoms with van der Waals surface area (Å²) in [5, 5.41) is 4.98. The smallest absolute Gasteiger partial charge is 0.252 e. The largest absolute Gasteiger partial charge is 0.349 e. The van der Waals surface area contributed by atoms with E-state index in [-0.39, 0.29) is 24.4 Å². The number of aryl methyl sites for hydroxylation is 2. The lowest BCUT2D eigenvalue weighted by atomic mass is 9.88. The van der Waals surface area contributed by atoms with Crippen LogP contribution in [0.3, 0.4) is 0 Å². The van der Waals surface area contributed by atoms with Crippen molar-refractivity contribution in [2.45, 2.75) is 62.1 Å². The van der Waals surface area contributed by atoms with Gasteiger partial charge in [-0.15, -0.1) is 11.3 Å². The van der Waals surface area contributed by atoms with Crippen molar-refractivity contribution in [1.82, 2.24) is 9.62 Å². The molecule has 162 valence electrons. The number of hydrogen-bond donors (Lipinski definition) is 1. The van der Waals surface area contributed by atoms with Gasteiger partial charge in [-0.25, -0.2) is 8.42 Å². The Hall–Kier alpha value is -1.70. The van der Waals surface area contributed by atoms with Crippen LogP contribution in [0.1, 0.15) is 61.8 Å². The van der Waals surface area contributed by atoms with E-state index in [0.717, 1.165) is 31.2 Å². The van der Waals surface area contributed by atoms with Crippen molar-refractivity contribution in [2.75, 3.05) is 13.1 Å². The lowest BCUT2D eigenvalue weighted by Crippen LogP contribution is -2.45. The fourth-order valence-electron chi connectivity index (χ4n) is 4.59. The molecule has 0 spiro atoms. The monoisotopic (exact) mass is 446 g/mol. The number of fused-ring (bicyclic) bond motifs is 1. The summed E-state index contributed by atoms with van der Waals surface area (Å²) < 4.78 is 27.5. The van der Waals surface area contributed by atoms with Crippen molar-refractivity contribution in [2.24, 2.45) is 5.92 Å². The average Bonchev–Trinajstić information content (AvgIpc) is 3.33. The lowest BCUT2D eigenvalue weighted by Gasteiger charge is -2.32. The highest BCUT2D eigenvalue weighted by Gasteiger charge is 2.34. The Labute approximate surface area is 183 Å². The molecule has 1 aliphatic carbocycles. The first kappa shape index (κ1) is 21.5. The van der Waals surface area contributed by atoms with Crippen LogP contribution < -0.4 is 5.32 Å². The number of sulfonamides is 1. The quantitative estimate of drug-likeness (QED) is 0.720. The number of piperidine rings is 1. The molecule has 1 aromatic carbocycles. The van der Waals surface area contributed by atoms with Crippen molar-refractivity contribution >= 4 is 27.3 Å². The number of thiophene rings is 1. The standard InChI is InChI=1S/C23H30N2O3S2/c1-2-21(19-12-11-17-7-3-4-8-18(17)15-19)24-23(26)20-9-5-13-25(16-20)30(27,28)22-10-6-14-29-22/h6,10-12,14-15,20-21H,2-5,7-9,13,16H2,1H3,(H,24,26). The van der Waals surface area contributed by atoms with Gasteiger partial charge in [0.2, 0.25) is 5.91 Å². The number of hydrogen-bond acceptors (Lipinski definition) is 4. The number of nitrogens with one attached hydrogen (secondary N) is 1. The summed E-state index contributed by atoms with van der Waals surface area (Å²) in [5.41, 5.74) is 4.01. The Kier molecular flexibility index (Phi) is 6.60. The van der Waals surface area contributed by atoms with Crippen molar-refractivity contribution in [3.8, 4) is 0 Å². The van der Waals surface area contributed by atoms with Gasteiger partial charge in [-0.05, 0) is 73.1 Å². The van der Waals surface area contributed by atoms with Crippen LogP contribution >= 0.6 is 11.3 Å². The van der Waals surface area contributed by atoms with E-state index in [1.807, 2.05) is 0 Å². The van der Waals surface area contributed by atoms with Gasteiger partial charge in [-0.3, -0.25) is 4.79 Å². The summed E-state index contributed by atoms with van der Waals surface area (Å²) in [6, 6.07) is 9.97. The SMILES string of the molecule is CCC(NC(=O)C1CCCN(S(=O)(=O)c2cccs2)C1)c1ccc2c(c1)CCCC2. The number of amides is 1. The summed E-state index contributed by atoms with van der Waals surface area (Å²) in [7, 11) is -3.51. The van der Waals surface area contributed by atoms with Crippen LogP contribution in [0.15, 0.2) is 39.9 Å². The molecule has 5 nitrogen and oxygen atoms in total. The van der Waals surface area contributed by atoms with Gasteiger partial charge < -0.3 is 5.32 Å². The van der Waals surface area contributed by atoms with E-state index >= 15 is 0 Å². The molecular weight excluding hydrogens is 416 g/mol. The fourth-order valence-corrected chi connectivity index (χ4v) is 7.26. The number of benzene rings is 1. The highest BCUT2D eigenvalue weighted by Crippen LogP contribution is 2.29. The minimum absolute atomic E-state index is 0.0333. The van der Waals surface area contributed by atoms with E-state index in [2.05, 4.69) is 30.4 Å². The van der Waals surface area contributed by atoms with Crippen LogP contribution in [0.5, 0.6) is 0 Å². The molecule has 2 aliphatic rings. The molecule has 1 saturated heterocycles. The third kappa shape index (κ3) is 4.48. The minimum Gasteiger partial charge on any atom is -0.349 e. The Balaban J connectivity index is 1.44. The molecule has 0 saturated carbocycles. The molecule has 2 aromatic rings. The average molecular weight is 447 g/mol. The zero-order chi connectivity index (χ0) is 21.1. The fraction of sp³-hybridized carbons (Fsp3) is 0.522. The highest BCUT2D eigenvalue weighted by atomic mass is 32.2. The molecule has 7 heteroatoms. The third-order valence-corrected chi connectivity index (χ3v) is 9.58. The second-order valence-corrected chi connectivity index (χ2v) is 11.5. The molecule has 1 N–H and O–H groups in total. The van der Waals surface area contributed by atoms with E-state index in [1.54, 1.807) is 17.5 Å². The zero-order valence-electron chi connectivity index (χ0n) is 17.5. The van der Waals surface area contributed by atoms with Crippen LogP contribution in [0.25, 0.3) is 0 Å². The Bertz CT molecular complexity index is 986. The Morgan fingerprint density at radius 3 is 2.73 bits per heavy atom. The molecule has 2 heterocycles. The van der Waals surface area contributed by atoms with E-state index in [1.165, 1.54) is 39.6 Å². The van der Waals surface area contributed by atoms with Gasteiger partial charge in [0, 0.05) is 13.1 Å². The van der Waals surface area contributed by atoms with Gasteiger partial charge in [0.05, 0.1) is 12.0 Å². The van der Waals surface area contributed by atoms with Gasteiger partial charge in [0.1, 0.15) is 4.21 Å². The van der Waals surface area contributed by atoms with Crippen LogP contribution in [0.4, 0.5) is 0 Å². The normalized spacial score (nSPS) is 21.0. The molecule has 1 aromatic heterocycles. The van der Waals surface area contributed by atoms with Crippen LogP contribution in [-0.2, 0) is 27.7 Å². The van der Waals surface area contributed by atoms with Crippen LogP contribution in [0.2, 0.25) is 0 Å².